The molecule has 1 aromatic heterocycles. The molecule has 0 N–H and O–H groups in total. The van der Waals surface area contributed by atoms with E-state index in [1.165, 1.54) is 0 Å². The van der Waals surface area contributed by atoms with Crippen LogP contribution in [0.25, 0.3) is 11.0 Å². The Morgan fingerprint density at radius 3 is 2.89 bits per heavy atom. The van der Waals surface area contributed by atoms with Gasteiger partial charge >= 0.3 is 0 Å². The predicted octanol–water partition coefficient (Wildman–Crippen LogP) is 2.78. The number of aromatic nitrogens is 3. The van der Waals surface area contributed by atoms with Gasteiger partial charge in [-0.25, -0.2) is 4.68 Å². The fourth-order valence-electron chi connectivity index (χ4n) is 3.85. The molecule has 7 heteroatoms. The highest BCUT2D eigenvalue weighted by Gasteiger charge is 2.25. The maximum Gasteiger partial charge on any atom is 0.176 e. The van der Waals surface area contributed by atoms with Gasteiger partial charge in [-0.3, -0.25) is 9.69 Å². The second-order valence-corrected chi connectivity index (χ2v) is 7.12. The molecular weight excluding hydrogens is 344 g/mol. The summed E-state index contributed by atoms with van der Waals surface area (Å²) in [7, 11) is 0. The van der Waals surface area contributed by atoms with Gasteiger partial charge in [0.05, 0.1) is 18.1 Å². The largest absolute Gasteiger partial charge is 0.337 e. The summed E-state index contributed by atoms with van der Waals surface area (Å²) in [4.78, 5) is 24.9. The number of carbonyl (C=O) groups is 1. The van der Waals surface area contributed by atoms with Crippen LogP contribution in [0.5, 0.6) is 5.75 Å². The second-order valence-electron chi connectivity index (χ2n) is 7.12. The second kappa shape index (κ2) is 6.75. The number of rotatable bonds is 4. The molecule has 1 fully saturated rings. The maximum absolute atomic E-state index is 12.6. The minimum atomic E-state index is 0.109. The Labute approximate surface area is 156 Å². The lowest BCUT2D eigenvalue weighted by Crippen LogP contribution is -2.38. The number of fused-ring (bicyclic) bond motifs is 2. The van der Waals surface area contributed by atoms with Crippen LogP contribution in [-0.4, -0.2) is 45.3 Å². The van der Waals surface area contributed by atoms with Crippen molar-refractivity contribution in [3.8, 4) is 5.75 Å². The predicted molar refractivity (Wildman–Crippen MR) is 98.4 cm³/mol. The zero-order valence-corrected chi connectivity index (χ0v) is 14.9. The Balaban J connectivity index is 1.22. The zero-order chi connectivity index (χ0) is 18.2. The van der Waals surface area contributed by atoms with Crippen LogP contribution in [0.3, 0.4) is 0 Å². The molecule has 2 aliphatic heterocycles. The van der Waals surface area contributed by atoms with Gasteiger partial charge in [0.25, 0.3) is 0 Å². The van der Waals surface area contributed by atoms with E-state index < -0.39 is 0 Å². The molecule has 0 unspecified atom stereocenters. The first-order chi connectivity index (χ1) is 13.3. The fourth-order valence-corrected chi connectivity index (χ4v) is 3.85. The van der Waals surface area contributed by atoms with Crippen LogP contribution < -0.4 is 4.89 Å². The van der Waals surface area contributed by atoms with E-state index in [0.29, 0.717) is 30.5 Å². The fraction of sp³-hybridized carbons (Fsp3) is 0.350. The van der Waals surface area contributed by atoms with Gasteiger partial charge in [0.1, 0.15) is 12.1 Å². The first-order valence-electron chi connectivity index (χ1n) is 9.26. The topological polar surface area (TPSA) is 69.5 Å². The molecule has 0 aliphatic carbocycles. The highest BCUT2D eigenvalue weighted by molar-refractivity contribution is 5.98. The third-order valence-electron chi connectivity index (χ3n) is 5.40. The molecule has 2 aliphatic rings. The van der Waals surface area contributed by atoms with Gasteiger partial charge in [0.2, 0.25) is 0 Å². The SMILES string of the molecule is O=C(CN1CCC(n2nnc3ccccc32)CC1)c1ccc2c(c1)OOC2. The van der Waals surface area contributed by atoms with Crippen molar-refractivity contribution < 1.29 is 14.6 Å². The molecule has 0 amide bonds. The minimum Gasteiger partial charge on any atom is -0.337 e. The quantitative estimate of drug-likeness (QED) is 0.524. The Hall–Kier alpha value is -2.77. The van der Waals surface area contributed by atoms with Crippen LogP contribution in [0.15, 0.2) is 42.5 Å². The summed E-state index contributed by atoms with van der Waals surface area (Å²) in [6.45, 7) is 2.60. The van der Waals surface area contributed by atoms with Crippen LogP contribution >= 0.6 is 0 Å². The number of para-hydroxylation sites is 1. The van der Waals surface area contributed by atoms with E-state index >= 15 is 0 Å². The van der Waals surface area contributed by atoms with Crippen molar-refractivity contribution >= 4 is 16.8 Å². The van der Waals surface area contributed by atoms with E-state index in [2.05, 4.69) is 21.3 Å². The normalized spacial score (nSPS) is 17.8. The van der Waals surface area contributed by atoms with Crippen molar-refractivity contribution in [3.63, 3.8) is 0 Å². The van der Waals surface area contributed by atoms with E-state index in [4.69, 9.17) is 9.78 Å². The molecule has 3 heterocycles. The third-order valence-corrected chi connectivity index (χ3v) is 5.40. The van der Waals surface area contributed by atoms with Crippen molar-refractivity contribution in [1.82, 2.24) is 19.9 Å². The first kappa shape index (κ1) is 16.4. The highest BCUT2D eigenvalue weighted by atomic mass is 17.2. The van der Waals surface area contributed by atoms with Crippen LogP contribution in [-0.2, 0) is 11.5 Å². The minimum absolute atomic E-state index is 0.109. The number of benzene rings is 2. The van der Waals surface area contributed by atoms with Crippen molar-refractivity contribution in [2.45, 2.75) is 25.5 Å². The first-order valence-corrected chi connectivity index (χ1v) is 9.26. The van der Waals surface area contributed by atoms with Crippen molar-refractivity contribution in [2.24, 2.45) is 0 Å². The number of Topliss-reactive ketones (excluding diaryl/α,β-unsaturated/α-hetero) is 1. The lowest BCUT2D eigenvalue weighted by atomic mass is 10.0. The third kappa shape index (κ3) is 3.09. The zero-order valence-electron chi connectivity index (χ0n) is 14.9. The van der Waals surface area contributed by atoms with Crippen molar-refractivity contribution in [1.29, 1.82) is 0 Å². The molecule has 0 atom stereocenters. The summed E-state index contributed by atoms with van der Waals surface area (Å²) >= 11 is 0. The van der Waals surface area contributed by atoms with E-state index in [9.17, 15) is 4.79 Å². The van der Waals surface area contributed by atoms with Gasteiger partial charge in [-0.1, -0.05) is 29.5 Å². The van der Waals surface area contributed by atoms with Gasteiger partial charge in [-0.15, -0.1) is 5.10 Å². The number of ketones is 1. The Bertz CT molecular complexity index is 992. The molecule has 0 saturated carbocycles. The summed E-state index contributed by atoms with van der Waals surface area (Å²) in [5, 5.41) is 8.59. The van der Waals surface area contributed by atoms with E-state index in [0.717, 1.165) is 42.5 Å². The Morgan fingerprint density at radius 1 is 1.15 bits per heavy atom. The highest BCUT2D eigenvalue weighted by Crippen LogP contribution is 2.28. The molecule has 27 heavy (non-hydrogen) atoms. The van der Waals surface area contributed by atoms with Crippen LogP contribution in [0.2, 0.25) is 0 Å². The van der Waals surface area contributed by atoms with Crippen LogP contribution in [0.4, 0.5) is 0 Å². The van der Waals surface area contributed by atoms with Crippen molar-refractivity contribution in [3.05, 3.63) is 53.6 Å². The van der Waals surface area contributed by atoms with E-state index in [-0.39, 0.29) is 5.78 Å². The molecule has 7 nitrogen and oxygen atoms in total. The van der Waals surface area contributed by atoms with Gasteiger partial charge in [-0.2, -0.15) is 4.89 Å². The summed E-state index contributed by atoms with van der Waals surface area (Å²) in [6.07, 6.45) is 1.92. The maximum atomic E-state index is 12.6. The summed E-state index contributed by atoms with van der Waals surface area (Å²) in [5.41, 5.74) is 3.65. The molecule has 3 aromatic rings. The lowest BCUT2D eigenvalue weighted by Gasteiger charge is -2.31. The molecule has 1 saturated heterocycles. The molecule has 0 bridgehead atoms. The number of hydrogen-bond acceptors (Lipinski definition) is 6. The number of carbonyl (C=O) groups excluding carboxylic acids is 1. The molecule has 138 valence electrons. The van der Waals surface area contributed by atoms with Gasteiger partial charge in [0, 0.05) is 24.2 Å². The number of piperidine rings is 1. The van der Waals surface area contributed by atoms with E-state index in [1.54, 1.807) is 6.07 Å². The van der Waals surface area contributed by atoms with Gasteiger partial charge in [0.15, 0.2) is 11.5 Å². The number of likely N-dealkylation sites (tertiary alicyclic amines) is 1. The van der Waals surface area contributed by atoms with Gasteiger partial charge in [-0.05, 0) is 31.0 Å². The number of nitrogens with zero attached hydrogens (tertiary/aromatic N) is 4. The standard InChI is InChI=1S/C20H20N4O3/c25-19(14-5-6-15-13-26-27-20(15)11-14)12-23-9-7-16(8-10-23)24-18-4-2-1-3-17(18)21-22-24/h1-6,11,16H,7-10,12-13H2. The monoisotopic (exact) mass is 364 g/mol. The molecular formula is C20H20N4O3. The Kier molecular flexibility index (Phi) is 4.10. The Morgan fingerprint density at radius 2 is 2.00 bits per heavy atom. The molecule has 2 aromatic carbocycles. The smallest absolute Gasteiger partial charge is 0.176 e. The van der Waals surface area contributed by atoms with Crippen LogP contribution in [0, 0.1) is 0 Å². The lowest BCUT2D eigenvalue weighted by molar-refractivity contribution is -0.194. The summed E-state index contributed by atoms with van der Waals surface area (Å²) in [5.74, 6) is 0.760. The summed E-state index contributed by atoms with van der Waals surface area (Å²) in [6, 6.07) is 13.9. The van der Waals surface area contributed by atoms with E-state index in [1.807, 2.05) is 35.0 Å². The number of hydrogen-bond donors (Lipinski definition) is 0. The molecule has 0 spiro atoms. The molecule has 5 rings (SSSR count). The molecule has 0 radical (unpaired) electrons. The van der Waals surface area contributed by atoms with Crippen LogP contribution in [0.1, 0.15) is 34.8 Å². The average Bonchev–Trinajstić information content (AvgIpc) is 3.35. The van der Waals surface area contributed by atoms with Crippen molar-refractivity contribution in [2.75, 3.05) is 19.6 Å². The average molecular weight is 364 g/mol. The summed E-state index contributed by atoms with van der Waals surface area (Å²) < 4.78 is 2.03. The van der Waals surface area contributed by atoms with Gasteiger partial charge < -0.3 is 4.89 Å².